The predicted molar refractivity (Wildman–Crippen MR) is 91.4 cm³/mol. The van der Waals surface area contributed by atoms with Crippen LogP contribution in [0.5, 0.6) is 0 Å². The highest BCUT2D eigenvalue weighted by atomic mass is 32.2. The Balaban J connectivity index is 2.02. The van der Waals surface area contributed by atoms with Gasteiger partial charge in [0.15, 0.2) is 0 Å². The molecule has 1 unspecified atom stereocenters. The van der Waals surface area contributed by atoms with E-state index >= 15 is 0 Å². The third-order valence-electron chi connectivity index (χ3n) is 3.81. The van der Waals surface area contributed by atoms with Crippen LogP contribution in [0.2, 0.25) is 0 Å². The number of hydrogen-bond acceptors (Lipinski definition) is 4. The topological polar surface area (TPSA) is 61.2 Å². The molecule has 0 saturated carbocycles. The Hall–Kier alpha value is -1.81. The predicted octanol–water partition coefficient (Wildman–Crippen LogP) is 3.30. The number of nitriles is 1. The minimum Gasteiger partial charge on any atom is -0.207 e. The van der Waals surface area contributed by atoms with Gasteiger partial charge in [-0.3, -0.25) is 0 Å². The molecule has 0 amide bonds. The quantitative estimate of drug-likeness (QED) is 0.857. The summed E-state index contributed by atoms with van der Waals surface area (Å²) in [6.07, 6.45) is 0. The minimum absolute atomic E-state index is 0.0853. The molecule has 1 fully saturated rings. The van der Waals surface area contributed by atoms with Crippen LogP contribution in [0.25, 0.3) is 0 Å². The third-order valence-corrected chi connectivity index (χ3v) is 7.12. The molecule has 1 saturated heterocycles. The van der Waals surface area contributed by atoms with Crippen LogP contribution in [0.1, 0.15) is 22.1 Å². The highest BCUT2D eigenvalue weighted by Gasteiger charge is 2.37. The first-order valence-corrected chi connectivity index (χ1v) is 9.72. The molecule has 23 heavy (non-hydrogen) atoms. The molecule has 1 heterocycles. The third kappa shape index (κ3) is 3.00. The van der Waals surface area contributed by atoms with E-state index in [4.69, 9.17) is 0 Å². The van der Waals surface area contributed by atoms with Crippen LogP contribution in [-0.2, 0) is 10.0 Å². The van der Waals surface area contributed by atoms with E-state index in [0.29, 0.717) is 6.54 Å². The molecular weight excluding hydrogens is 328 g/mol. The van der Waals surface area contributed by atoms with E-state index in [1.54, 1.807) is 23.9 Å². The van der Waals surface area contributed by atoms with E-state index in [9.17, 15) is 13.7 Å². The van der Waals surface area contributed by atoms with Crippen LogP contribution in [0.3, 0.4) is 0 Å². The maximum atomic E-state index is 13.0. The average molecular weight is 344 g/mol. The van der Waals surface area contributed by atoms with E-state index in [-0.39, 0.29) is 15.8 Å². The maximum absolute atomic E-state index is 13.0. The van der Waals surface area contributed by atoms with Crippen LogP contribution in [-0.4, -0.2) is 25.0 Å². The van der Waals surface area contributed by atoms with Crippen molar-refractivity contribution >= 4 is 21.8 Å². The first-order valence-electron chi connectivity index (χ1n) is 7.23. The number of nitrogens with zero attached hydrogens (tertiary/aromatic N) is 2. The normalized spacial score (nSPS) is 18.7. The largest absolute Gasteiger partial charge is 0.245 e. The van der Waals surface area contributed by atoms with Gasteiger partial charge >= 0.3 is 0 Å². The Kier molecular flexibility index (Phi) is 4.44. The van der Waals surface area contributed by atoms with Gasteiger partial charge in [0, 0.05) is 12.3 Å². The van der Waals surface area contributed by atoms with Gasteiger partial charge in [-0.25, -0.2) is 8.42 Å². The maximum Gasteiger partial charge on any atom is 0.245 e. The zero-order chi connectivity index (χ0) is 16.4. The van der Waals surface area contributed by atoms with Crippen molar-refractivity contribution in [1.29, 1.82) is 5.26 Å². The number of rotatable bonds is 3. The monoisotopic (exact) mass is 344 g/mol. The summed E-state index contributed by atoms with van der Waals surface area (Å²) in [5.74, 6) is 0.743. The van der Waals surface area contributed by atoms with Gasteiger partial charge in [-0.15, -0.1) is 11.8 Å². The fourth-order valence-electron chi connectivity index (χ4n) is 2.60. The van der Waals surface area contributed by atoms with Gasteiger partial charge in [0.2, 0.25) is 10.0 Å². The highest BCUT2D eigenvalue weighted by Crippen LogP contribution is 2.41. The van der Waals surface area contributed by atoms with E-state index in [1.165, 1.54) is 16.4 Å². The zero-order valence-electron chi connectivity index (χ0n) is 12.6. The molecule has 0 radical (unpaired) electrons. The van der Waals surface area contributed by atoms with Gasteiger partial charge in [0.05, 0.1) is 15.8 Å². The summed E-state index contributed by atoms with van der Waals surface area (Å²) < 4.78 is 27.6. The zero-order valence-corrected chi connectivity index (χ0v) is 14.3. The molecule has 1 atom stereocenters. The Morgan fingerprint density at radius 2 is 1.87 bits per heavy atom. The lowest BCUT2D eigenvalue weighted by atomic mass is 10.1. The van der Waals surface area contributed by atoms with Gasteiger partial charge in [-0.1, -0.05) is 42.0 Å². The molecule has 0 bridgehead atoms. The molecule has 2 aromatic carbocycles. The fraction of sp³-hybridized carbons (Fsp3) is 0.235. The summed E-state index contributed by atoms with van der Waals surface area (Å²) in [6, 6.07) is 16.3. The average Bonchev–Trinajstić information content (AvgIpc) is 3.06. The number of sulfonamides is 1. The molecule has 0 aliphatic carbocycles. The summed E-state index contributed by atoms with van der Waals surface area (Å²) in [7, 11) is -3.70. The van der Waals surface area contributed by atoms with E-state index in [2.05, 4.69) is 0 Å². The second kappa shape index (κ2) is 6.36. The van der Waals surface area contributed by atoms with Crippen molar-refractivity contribution in [3.8, 4) is 6.07 Å². The van der Waals surface area contributed by atoms with Crippen molar-refractivity contribution in [2.45, 2.75) is 17.2 Å². The van der Waals surface area contributed by atoms with Crippen LogP contribution in [0.15, 0.2) is 53.4 Å². The van der Waals surface area contributed by atoms with Crippen molar-refractivity contribution in [2.75, 3.05) is 12.3 Å². The highest BCUT2D eigenvalue weighted by molar-refractivity contribution is 8.01. The molecule has 0 N–H and O–H groups in total. The van der Waals surface area contributed by atoms with E-state index < -0.39 is 10.0 Å². The summed E-state index contributed by atoms with van der Waals surface area (Å²) in [5, 5.41) is 8.96. The first kappa shape index (κ1) is 16.1. The van der Waals surface area contributed by atoms with Crippen molar-refractivity contribution in [3.63, 3.8) is 0 Å². The van der Waals surface area contributed by atoms with Gasteiger partial charge in [0.25, 0.3) is 0 Å². The summed E-state index contributed by atoms with van der Waals surface area (Å²) in [6.45, 7) is 2.45. The van der Waals surface area contributed by atoms with Gasteiger partial charge in [0.1, 0.15) is 6.07 Å². The summed E-state index contributed by atoms with van der Waals surface area (Å²) in [4.78, 5) is 0.0853. The second-order valence-corrected chi connectivity index (χ2v) is 8.40. The Labute approximate surface area is 140 Å². The van der Waals surface area contributed by atoms with Gasteiger partial charge in [-0.05, 0) is 24.6 Å². The van der Waals surface area contributed by atoms with Crippen molar-refractivity contribution in [2.24, 2.45) is 0 Å². The van der Waals surface area contributed by atoms with Crippen LogP contribution in [0.4, 0.5) is 0 Å². The van der Waals surface area contributed by atoms with Crippen molar-refractivity contribution in [1.82, 2.24) is 4.31 Å². The summed E-state index contributed by atoms with van der Waals surface area (Å²) in [5.41, 5.74) is 2.30. The fourth-order valence-corrected chi connectivity index (χ4v) is 5.99. The standard InChI is InChI=1S/C17H16N2O2S2/c1-13-6-8-14(9-7-13)17-19(10-11-22-17)23(20,21)16-5-3-2-4-15(16)12-18/h2-9,17H,10-11H2,1H3. The molecule has 4 nitrogen and oxygen atoms in total. The van der Waals surface area contributed by atoms with E-state index in [1.807, 2.05) is 37.3 Å². The number of thioether (sulfide) groups is 1. The van der Waals surface area contributed by atoms with Gasteiger partial charge < -0.3 is 0 Å². The van der Waals surface area contributed by atoms with Crippen molar-refractivity contribution in [3.05, 3.63) is 65.2 Å². The summed E-state index contributed by atoms with van der Waals surface area (Å²) >= 11 is 1.61. The second-order valence-electron chi connectivity index (χ2n) is 5.36. The molecular formula is C17H16N2O2S2. The minimum atomic E-state index is -3.70. The molecule has 6 heteroatoms. The molecule has 0 aromatic heterocycles. The van der Waals surface area contributed by atoms with Crippen LogP contribution >= 0.6 is 11.8 Å². The Morgan fingerprint density at radius 3 is 2.57 bits per heavy atom. The molecule has 2 aromatic rings. The number of hydrogen-bond donors (Lipinski definition) is 0. The van der Waals surface area contributed by atoms with Crippen LogP contribution in [0, 0.1) is 18.3 Å². The number of aryl methyl sites for hydroxylation is 1. The molecule has 1 aliphatic rings. The molecule has 118 valence electrons. The van der Waals surface area contributed by atoms with E-state index in [0.717, 1.165) is 16.9 Å². The smallest absolute Gasteiger partial charge is 0.207 e. The lowest BCUT2D eigenvalue weighted by Crippen LogP contribution is -2.31. The Morgan fingerprint density at radius 1 is 1.17 bits per heavy atom. The van der Waals surface area contributed by atoms with Crippen LogP contribution < -0.4 is 0 Å². The lowest BCUT2D eigenvalue weighted by molar-refractivity contribution is 0.434. The molecule has 0 spiro atoms. The lowest BCUT2D eigenvalue weighted by Gasteiger charge is -2.24. The SMILES string of the molecule is Cc1ccc(C2SCCN2S(=O)(=O)c2ccccc2C#N)cc1. The Bertz CT molecular complexity index is 855. The molecule has 3 rings (SSSR count). The van der Waals surface area contributed by atoms with Gasteiger partial charge in [-0.2, -0.15) is 9.57 Å². The number of benzene rings is 2. The first-order chi connectivity index (χ1) is 11.0. The molecule has 1 aliphatic heterocycles. The van der Waals surface area contributed by atoms with Crippen molar-refractivity contribution < 1.29 is 8.42 Å².